The minimum atomic E-state index is -0.917. The van der Waals surface area contributed by atoms with Gasteiger partial charge in [0.25, 0.3) is 0 Å². The second-order valence-electron chi connectivity index (χ2n) is 3.62. The molecule has 2 aromatic rings. The number of hydrogen-bond acceptors (Lipinski definition) is 3. The van der Waals surface area contributed by atoms with Crippen molar-refractivity contribution in [2.75, 3.05) is 0 Å². The van der Waals surface area contributed by atoms with Crippen LogP contribution >= 0.6 is 22.9 Å². The number of carboxylic acid groups (broad SMARTS) is 1. The Balaban J connectivity index is 2.29. The van der Waals surface area contributed by atoms with E-state index in [0.717, 1.165) is 10.6 Å². The minimum absolute atomic E-state index is 0.317. The van der Waals surface area contributed by atoms with Crippen molar-refractivity contribution >= 4 is 28.9 Å². The molecule has 0 radical (unpaired) electrons. The van der Waals surface area contributed by atoms with E-state index in [4.69, 9.17) is 16.7 Å². The molecule has 1 aromatic carbocycles. The average molecular weight is 268 g/mol. The molecule has 0 aliphatic rings. The molecular formula is C12H10ClNO2S. The van der Waals surface area contributed by atoms with Crippen LogP contribution in [0.25, 0.3) is 0 Å². The van der Waals surface area contributed by atoms with Gasteiger partial charge in [-0.1, -0.05) is 23.7 Å². The second kappa shape index (κ2) is 4.85. The van der Waals surface area contributed by atoms with Crippen LogP contribution in [0.5, 0.6) is 0 Å². The van der Waals surface area contributed by atoms with E-state index in [1.807, 2.05) is 19.1 Å². The molecule has 88 valence electrons. The first-order chi connectivity index (χ1) is 8.06. The molecule has 0 saturated carbocycles. The van der Waals surface area contributed by atoms with Crippen molar-refractivity contribution in [3.8, 4) is 0 Å². The highest BCUT2D eigenvalue weighted by atomic mass is 35.5. The lowest BCUT2D eigenvalue weighted by Gasteiger charge is -2.00. The molecule has 0 spiro atoms. The SMILES string of the molecule is Cc1nc(Cc2ccc(Cl)cc2)c(C(=O)O)s1. The van der Waals surface area contributed by atoms with Crippen LogP contribution in [0.4, 0.5) is 0 Å². The van der Waals surface area contributed by atoms with E-state index in [0.29, 0.717) is 22.0 Å². The number of hydrogen-bond donors (Lipinski definition) is 1. The van der Waals surface area contributed by atoms with Crippen LogP contribution < -0.4 is 0 Å². The van der Waals surface area contributed by atoms with Gasteiger partial charge in [-0.05, 0) is 24.6 Å². The molecule has 2 rings (SSSR count). The maximum Gasteiger partial charge on any atom is 0.347 e. The summed E-state index contributed by atoms with van der Waals surface area (Å²) in [4.78, 5) is 15.6. The summed E-state index contributed by atoms with van der Waals surface area (Å²) in [6, 6.07) is 7.33. The summed E-state index contributed by atoms with van der Waals surface area (Å²) >= 11 is 7.00. The van der Waals surface area contributed by atoms with Crippen LogP contribution in [0, 0.1) is 6.92 Å². The molecule has 0 aliphatic heterocycles. The average Bonchev–Trinajstić information content (AvgIpc) is 2.63. The topological polar surface area (TPSA) is 50.2 Å². The number of aryl methyl sites for hydroxylation is 1. The van der Waals surface area contributed by atoms with Gasteiger partial charge in [0.2, 0.25) is 0 Å². The summed E-state index contributed by atoms with van der Waals surface area (Å²) in [6.07, 6.45) is 0.517. The number of thiazole rings is 1. The zero-order valence-electron chi connectivity index (χ0n) is 9.11. The van der Waals surface area contributed by atoms with Crippen molar-refractivity contribution in [3.63, 3.8) is 0 Å². The van der Waals surface area contributed by atoms with Gasteiger partial charge in [-0.2, -0.15) is 0 Å². The van der Waals surface area contributed by atoms with Crippen molar-refractivity contribution in [2.24, 2.45) is 0 Å². The smallest absolute Gasteiger partial charge is 0.347 e. The Hall–Kier alpha value is -1.39. The molecule has 0 aliphatic carbocycles. The molecule has 1 heterocycles. The Morgan fingerprint density at radius 3 is 2.65 bits per heavy atom. The normalized spacial score (nSPS) is 10.5. The minimum Gasteiger partial charge on any atom is -0.477 e. The van der Waals surface area contributed by atoms with E-state index >= 15 is 0 Å². The van der Waals surface area contributed by atoms with E-state index in [9.17, 15) is 4.79 Å². The van der Waals surface area contributed by atoms with Crippen LogP contribution in [0.15, 0.2) is 24.3 Å². The number of halogens is 1. The number of carbonyl (C=O) groups is 1. The summed E-state index contributed by atoms with van der Waals surface area (Å²) in [7, 11) is 0. The fourth-order valence-corrected chi connectivity index (χ4v) is 2.45. The Bertz CT molecular complexity index is 548. The molecule has 0 saturated heterocycles. The van der Waals surface area contributed by atoms with Crippen molar-refractivity contribution in [3.05, 3.63) is 50.4 Å². The summed E-state index contributed by atoms with van der Waals surface area (Å²) in [5.74, 6) is -0.917. The lowest BCUT2D eigenvalue weighted by Crippen LogP contribution is -1.99. The lowest BCUT2D eigenvalue weighted by molar-refractivity contribution is 0.0701. The summed E-state index contributed by atoms with van der Waals surface area (Å²) in [5.41, 5.74) is 1.62. The van der Waals surface area contributed by atoms with Crippen molar-refractivity contribution in [2.45, 2.75) is 13.3 Å². The predicted octanol–water partition coefficient (Wildman–Crippen LogP) is 3.39. The fourth-order valence-electron chi connectivity index (χ4n) is 1.55. The molecule has 0 bridgehead atoms. The number of aromatic carboxylic acids is 1. The Morgan fingerprint density at radius 1 is 1.41 bits per heavy atom. The highest BCUT2D eigenvalue weighted by Crippen LogP contribution is 2.21. The molecule has 0 unspecified atom stereocenters. The highest BCUT2D eigenvalue weighted by Gasteiger charge is 2.15. The Kier molecular flexibility index (Phi) is 3.45. The van der Waals surface area contributed by atoms with Crippen LogP contribution in [0.3, 0.4) is 0 Å². The number of carboxylic acids is 1. The molecule has 0 amide bonds. The molecule has 3 nitrogen and oxygen atoms in total. The summed E-state index contributed by atoms with van der Waals surface area (Å²) < 4.78 is 0. The van der Waals surface area contributed by atoms with Gasteiger partial charge in [-0.15, -0.1) is 11.3 Å². The van der Waals surface area contributed by atoms with Crippen LogP contribution in [0.2, 0.25) is 5.02 Å². The van der Waals surface area contributed by atoms with E-state index in [1.54, 1.807) is 12.1 Å². The molecule has 0 fully saturated rings. The molecule has 5 heteroatoms. The van der Waals surface area contributed by atoms with Crippen molar-refractivity contribution < 1.29 is 9.90 Å². The van der Waals surface area contributed by atoms with E-state index < -0.39 is 5.97 Å². The first-order valence-corrected chi connectivity index (χ1v) is 6.20. The number of benzene rings is 1. The van der Waals surface area contributed by atoms with Gasteiger partial charge >= 0.3 is 5.97 Å². The van der Waals surface area contributed by atoms with Crippen LogP contribution in [0.1, 0.15) is 25.9 Å². The largest absolute Gasteiger partial charge is 0.477 e. The predicted molar refractivity (Wildman–Crippen MR) is 68.1 cm³/mol. The van der Waals surface area contributed by atoms with Gasteiger partial charge in [0, 0.05) is 11.4 Å². The van der Waals surface area contributed by atoms with Gasteiger partial charge in [0.05, 0.1) is 10.7 Å². The standard InChI is InChI=1S/C12H10ClNO2S/c1-7-14-10(11(17-7)12(15)16)6-8-2-4-9(13)5-3-8/h2-5H,6H2,1H3,(H,15,16). The quantitative estimate of drug-likeness (QED) is 0.927. The Morgan fingerprint density at radius 2 is 2.06 bits per heavy atom. The van der Waals surface area contributed by atoms with E-state index in [-0.39, 0.29) is 0 Å². The molecule has 17 heavy (non-hydrogen) atoms. The molecule has 0 atom stereocenters. The van der Waals surface area contributed by atoms with Crippen molar-refractivity contribution in [1.29, 1.82) is 0 Å². The molecule has 1 N–H and O–H groups in total. The third kappa shape index (κ3) is 2.84. The molecular weight excluding hydrogens is 258 g/mol. The van der Waals surface area contributed by atoms with Crippen LogP contribution in [-0.4, -0.2) is 16.1 Å². The fraction of sp³-hybridized carbons (Fsp3) is 0.167. The van der Waals surface area contributed by atoms with Gasteiger partial charge in [0.15, 0.2) is 0 Å². The number of nitrogens with zero attached hydrogens (tertiary/aromatic N) is 1. The zero-order valence-corrected chi connectivity index (χ0v) is 10.7. The summed E-state index contributed by atoms with van der Waals surface area (Å²) in [5, 5.41) is 10.5. The first-order valence-electron chi connectivity index (χ1n) is 5.00. The third-order valence-corrected chi connectivity index (χ3v) is 3.54. The number of aromatic nitrogens is 1. The zero-order chi connectivity index (χ0) is 12.4. The first kappa shape index (κ1) is 12.1. The monoisotopic (exact) mass is 267 g/mol. The Labute approximate surface area is 108 Å². The summed E-state index contributed by atoms with van der Waals surface area (Å²) in [6.45, 7) is 1.81. The van der Waals surface area contributed by atoms with Gasteiger partial charge < -0.3 is 5.11 Å². The van der Waals surface area contributed by atoms with Gasteiger partial charge in [-0.25, -0.2) is 9.78 Å². The van der Waals surface area contributed by atoms with E-state index in [1.165, 1.54) is 11.3 Å². The lowest BCUT2D eigenvalue weighted by atomic mass is 10.1. The maximum absolute atomic E-state index is 11.0. The van der Waals surface area contributed by atoms with Crippen molar-refractivity contribution in [1.82, 2.24) is 4.98 Å². The van der Waals surface area contributed by atoms with Gasteiger partial charge in [-0.3, -0.25) is 0 Å². The maximum atomic E-state index is 11.0. The van der Waals surface area contributed by atoms with E-state index in [2.05, 4.69) is 4.98 Å². The third-order valence-electron chi connectivity index (χ3n) is 2.28. The molecule has 1 aromatic heterocycles. The number of rotatable bonds is 3. The second-order valence-corrected chi connectivity index (χ2v) is 5.26. The van der Waals surface area contributed by atoms with Gasteiger partial charge in [0.1, 0.15) is 4.88 Å². The van der Waals surface area contributed by atoms with Crippen LogP contribution in [-0.2, 0) is 6.42 Å². The highest BCUT2D eigenvalue weighted by molar-refractivity contribution is 7.13.